The number of amidine groups is 1. The average Bonchev–Trinajstić information content (AvgIpc) is 2.45. The van der Waals surface area contributed by atoms with Crippen LogP contribution in [0.5, 0.6) is 11.5 Å². The molecular weight excluding hydrogens is 300 g/mol. The number of hydrogen-bond acceptors (Lipinski definition) is 7. The van der Waals surface area contributed by atoms with Crippen LogP contribution in [0.4, 0.5) is 5.69 Å². The molecule has 2 aliphatic rings. The highest BCUT2D eigenvalue weighted by molar-refractivity contribution is 7.90. The Bertz CT molecular complexity index is 740. The van der Waals surface area contributed by atoms with Crippen LogP contribution >= 0.6 is 0 Å². The summed E-state index contributed by atoms with van der Waals surface area (Å²) in [5.41, 5.74) is 0.112. The number of nitrogens with one attached hydrogen (secondary N) is 1. The molecule has 112 valence electrons. The van der Waals surface area contributed by atoms with Crippen LogP contribution in [0.15, 0.2) is 22.0 Å². The molecule has 0 radical (unpaired) electrons. The first-order valence-corrected chi connectivity index (χ1v) is 7.72. The zero-order chi connectivity index (χ0) is 15.0. The second kappa shape index (κ2) is 4.92. The Morgan fingerprint density at radius 3 is 2.67 bits per heavy atom. The van der Waals surface area contributed by atoms with Gasteiger partial charge in [0, 0.05) is 12.1 Å². The van der Waals surface area contributed by atoms with Crippen molar-refractivity contribution in [2.75, 3.05) is 19.8 Å². The lowest BCUT2D eigenvalue weighted by Gasteiger charge is -2.22. The fourth-order valence-corrected chi connectivity index (χ4v) is 3.11. The number of hydrogen-bond donors (Lipinski definition) is 1. The molecule has 0 saturated carbocycles. The van der Waals surface area contributed by atoms with E-state index in [9.17, 15) is 13.2 Å². The summed E-state index contributed by atoms with van der Waals surface area (Å²) in [5.74, 6) is -0.480. The van der Waals surface area contributed by atoms with Gasteiger partial charge >= 0.3 is 5.97 Å². The molecule has 0 aromatic heterocycles. The van der Waals surface area contributed by atoms with Crippen LogP contribution in [0.2, 0.25) is 0 Å². The van der Waals surface area contributed by atoms with Gasteiger partial charge in [-0.25, -0.2) is 18.2 Å². The van der Waals surface area contributed by atoms with Crippen molar-refractivity contribution in [2.24, 2.45) is 4.99 Å². The molecule has 2 aliphatic heterocycles. The molecule has 8 nitrogen and oxygen atoms in total. The average molecular weight is 312 g/mol. The van der Waals surface area contributed by atoms with Gasteiger partial charge in [-0.3, -0.25) is 4.72 Å². The molecule has 0 unspecified atom stereocenters. The summed E-state index contributed by atoms with van der Waals surface area (Å²) in [7, 11) is -3.91. The van der Waals surface area contributed by atoms with E-state index in [4.69, 9.17) is 14.2 Å². The maximum absolute atomic E-state index is 12.2. The molecule has 1 N–H and O–H groups in total. The van der Waals surface area contributed by atoms with Gasteiger partial charge in [-0.2, -0.15) is 0 Å². The van der Waals surface area contributed by atoms with Crippen molar-refractivity contribution in [3.63, 3.8) is 0 Å². The van der Waals surface area contributed by atoms with Crippen molar-refractivity contribution >= 4 is 27.5 Å². The molecule has 0 saturated heterocycles. The zero-order valence-corrected chi connectivity index (χ0v) is 11.9. The van der Waals surface area contributed by atoms with E-state index < -0.39 is 16.0 Å². The molecule has 0 fully saturated rings. The van der Waals surface area contributed by atoms with Gasteiger partial charge in [-0.15, -0.1) is 0 Å². The van der Waals surface area contributed by atoms with Gasteiger partial charge in [0.25, 0.3) is 10.0 Å². The number of ether oxygens (including phenoxy) is 3. The number of rotatable bonds is 2. The Balaban J connectivity index is 2.11. The maximum atomic E-state index is 12.2. The standard InChI is InChI=1S/C12H12N2O6S/c1-2-18-12(15)11-13-7-5-8-9(20-4-3-19-8)6-10(7)21(16,17)14-11/h5-6H,2-4H2,1H3,(H,13,14). The van der Waals surface area contributed by atoms with Crippen LogP contribution in [0.1, 0.15) is 6.92 Å². The molecule has 0 spiro atoms. The van der Waals surface area contributed by atoms with Gasteiger partial charge in [-0.1, -0.05) is 0 Å². The summed E-state index contributed by atoms with van der Waals surface area (Å²) in [6, 6.07) is 2.76. The van der Waals surface area contributed by atoms with Crippen LogP contribution in [0.3, 0.4) is 0 Å². The lowest BCUT2D eigenvalue weighted by atomic mass is 10.2. The predicted molar refractivity (Wildman–Crippen MR) is 71.5 cm³/mol. The number of sulfonamides is 1. The first kappa shape index (κ1) is 13.7. The van der Waals surface area contributed by atoms with Crippen LogP contribution in [0.25, 0.3) is 0 Å². The van der Waals surface area contributed by atoms with Crippen molar-refractivity contribution in [1.29, 1.82) is 0 Å². The van der Waals surface area contributed by atoms with Gasteiger partial charge in [0.2, 0.25) is 5.84 Å². The predicted octanol–water partition coefficient (Wildman–Crippen LogP) is 0.343. The molecule has 21 heavy (non-hydrogen) atoms. The Kier molecular flexibility index (Phi) is 3.20. The van der Waals surface area contributed by atoms with E-state index in [1.54, 1.807) is 6.92 Å². The van der Waals surface area contributed by atoms with Crippen molar-refractivity contribution in [2.45, 2.75) is 11.8 Å². The highest BCUT2D eigenvalue weighted by Gasteiger charge is 2.31. The van der Waals surface area contributed by atoms with Crippen molar-refractivity contribution in [1.82, 2.24) is 4.72 Å². The fourth-order valence-electron chi connectivity index (χ4n) is 1.97. The number of aliphatic imine (C=N–C) groups is 1. The fraction of sp³-hybridized carbons (Fsp3) is 0.333. The minimum atomic E-state index is -3.91. The molecule has 3 rings (SSSR count). The summed E-state index contributed by atoms with van der Waals surface area (Å²) in [5, 5.41) is 0. The number of carbonyl (C=O) groups is 1. The number of nitrogens with zero attached hydrogens (tertiary/aromatic N) is 1. The van der Waals surface area contributed by atoms with Crippen molar-refractivity contribution < 1.29 is 27.4 Å². The number of benzene rings is 1. The minimum absolute atomic E-state index is 0.0696. The molecule has 0 atom stereocenters. The molecule has 9 heteroatoms. The molecule has 1 aromatic carbocycles. The molecule has 2 heterocycles. The van der Waals surface area contributed by atoms with Gasteiger partial charge in [0.05, 0.1) is 12.3 Å². The zero-order valence-electron chi connectivity index (χ0n) is 11.1. The summed E-state index contributed by atoms with van der Waals surface area (Å²) < 4.78 is 41.9. The molecule has 0 aliphatic carbocycles. The Labute approximate surface area is 120 Å². The highest BCUT2D eigenvalue weighted by Crippen LogP contribution is 2.40. The Morgan fingerprint density at radius 1 is 1.33 bits per heavy atom. The second-order valence-corrected chi connectivity index (χ2v) is 5.90. The third-order valence-corrected chi connectivity index (χ3v) is 4.21. The van der Waals surface area contributed by atoms with Gasteiger partial charge in [0.15, 0.2) is 11.5 Å². The lowest BCUT2D eigenvalue weighted by molar-refractivity contribution is -0.135. The molecular formula is C12H12N2O6S. The van der Waals surface area contributed by atoms with E-state index in [1.807, 2.05) is 0 Å². The van der Waals surface area contributed by atoms with E-state index in [0.717, 1.165) is 0 Å². The van der Waals surface area contributed by atoms with E-state index in [2.05, 4.69) is 9.71 Å². The van der Waals surface area contributed by atoms with Crippen LogP contribution in [-0.4, -0.2) is 40.0 Å². The van der Waals surface area contributed by atoms with E-state index in [0.29, 0.717) is 24.7 Å². The monoisotopic (exact) mass is 312 g/mol. The van der Waals surface area contributed by atoms with E-state index in [-0.39, 0.29) is 23.0 Å². The van der Waals surface area contributed by atoms with Crippen LogP contribution in [-0.2, 0) is 19.6 Å². The SMILES string of the molecule is CCOC(=O)C1=Nc2cc3c(cc2S(=O)(=O)N1)OCCO3. The largest absolute Gasteiger partial charge is 0.486 e. The third-order valence-electron chi connectivity index (χ3n) is 2.85. The molecule has 0 bridgehead atoms. The normalized spacial score (nSPS) is 18.0. The molecule has 0 amide bonds. The first-order valence-electron chi connectivity index (χ1n) is 6.23. The van der Waals surface area contributed by atoms with E-state index >= 15 is 0 Å². The summed E-state index contributed by atoms with van der Waals surface area (Å²) in [6.07, 6.45) is 0. The smallest absolute Gasteiger partial charge is 0.375 e. The lowest BCUT2D eigenvalue weighted by Crippen LogP contribution is -2.39. The summed E-state index contributed by atoms with van der Waals surface area (Å²) in [6.45, 7) is 2.45. The number of carbonyl (C=O) groups excluding carboxylic acids is 1. The second-order valence-electron chi connectivity index (χ2n) is 4.25. The first-order chi connectivity index (χ1) is 10.0. The quantitative estimate of drug-likeness (QED) is 0.790. The maximum Gasteiger partial charge on any atom is 0.375 e. The molecule has 1 aromatic rings. The van der Waals surface area contributed by atoms with Crippen molar-refractivity contribution in [3.05, 3.63) is 12.1 Å². The Hall–Kier alpha value is -2.29. The van der Waals surface area contributed by atoms with Crippen molar-refractivity contribution in [3.8, 4) is 11.5 Å². The number of fused-ring (bicyclic) bond motifs is 2. The van der Waals surface area contributed by atoms with Crippen LogP contribution < -0.4 is 14.2 Å². The topological polar surface area (TPSA) is 103 Å². The third kappa shape index (κ3) is 2.40. The summed E-state index contributed by atoms with van der Waals surface area (Å²) in [4.78, 5) is 15.6. The minimum Gasteiger partial charge on any atom is -0.486 e. The summed E-state index contributed by atoms with van der Waals surface area (Å²) >= 11 is 0. The highest BCUT2D eigenvalue weighted by atomic mass is 32.2. The van der Waals surface area contributed by atoms with Gasteiger partial charge in [0.1, 0.15) is 18.1 Å². The van der Waals surface area contributed by atoms with E-state index in [1.165, 1.54) is 12.1 Å². The Morgan fingerprint density at radius 2 is 2.00 bits per heavy atom. The van der Waals surface area contributed by atoms with Gasteiger partial charge < -0.3 is 14.2 Å². The van der Waals surface area contributed by atoms with Gasteiger partial charge in [-0.05, 0) is 6.92 Å². The van der Waals surface area contributed by atoms with Crippen LogP contribution in [0, 0.1) is 0 Å². The number of esters is 1.